The average Bonchev–Trinajstić information content (AvgIpc) is 2.59. The Kier molecular flexibility index (Phi) is 5.34. The van der Waals surface area contributed by atoms with Crippen molar-refractivity contribution in [3.8, 4) is 0 Å². The van der Waals surface area contributed by atoms with Crippen LogP contribution in [0.2, 0.25) is 0 Å². The molecule has 0 unspecified atom stereocenters. The highest BCUT2D eigenvalue weighted by molar-refractivity contribution is 5.86. The zero-order chi connectivity index (χ0) is 16.2. The molecule has 3 rings (SSSR count). The first-order chi connectivity index (χ1) is 11.2. The summed E-state index contributed by atoms with van der Waals surface area (Å²) in [5, 5.41) is 13.7. The van der Waals surface area contributed by atoms with Crippen molar-refractivity contribution >= 4 is 10.8 Å². The second-order valence-electron chi connectivity index (χ2n) is 7.33. The second-order valence-corrected chi connectivity index (χ2v) is 7.33. The van der Waals surface area contributed by atoms with Crippen LogP contribution in [-0.4, -0.2) is 36.8 Å². The normalized spacial score (nSPS) is 19.1. The van der Waals surface area contributed by atoms with Crippen LogP contribution >= 0.6 is 0 Å². The summed E-state index contributed by atoms with van der Waals surface area (Å²) in [5.41, 5.74) is 1.30. The summed E-state index contributed by atoms with van der Waals surface area (Å²) in [7, 11) is 4.21. The quantitative estimate of drug-likeness (QED) is 0.883. The predicted octanol–water partition coefficient (Wildman–Crippen LogP) is 4.43. The fourth-order valence-electron chi connectivity index (χ4n) is 4.16. The minimum absolute atomic E-state index is 0.180. The fourth-order valence-corrected chi connectivity index (χ4v) is 4.16. The van der Waals surface area contributed by atoms with E-state index in [2.05, 4.69) is 61.5 Å². The topological polar surface area (TPSA) is 23.5 Å². The maximum absolute atomic E-state index is 11.2. The molecular weight excluding hydrogens is 282 g/mol. The molecule has 23 heavy (non-hydrogen) atoms. The molecule has 0 aromatic heterocycles. The summed E-state index contributed by atoms with van der Waals surface area (Å²) < 4.78 is 0. The Morgan fingerprint density at radius 2 is 1.70 bits per heavy atom. The lowest BCUT2D eigenvalue weighted by Gasteiger charge is -2.34. The van der Waals surface area contributed by atoms with E-state index >= 15 is 0 Å². The number of likely N-dealkylation sites (N-methyl/N-ethyl adjacent to an activating group) is 1. The molecule has 0 bridgehead atoms. The van der Waals surface area contributed by atoms with E-state index < -0.39 is 0 Å². The molecule has 124 valence electrons. The Morgan fingerprint density at radius 3 is 2.43 bits per heavy atom. The first-order valence-electron chi connectivity index (χ1n) is 8.97. The predicted molar refractivity (Wildman–Crippen MR) is 97.8 cm³/mol. The molecule has 2 heteroatoms. The highest BCUT2D eigenvalue weighted by atomic mass is 16.3. The fraction of sp³-hybridized carbons (Fsp3) is 0.524. The number of hydrogen-bond donors (Lipinski definition) is 1. The number of benzene rings is 2. The van der Waals surface area contributed by atoms with Gasteiger partial charge in [-0.15, -0.1) is 0 Å². The Bertz CT molecular complexity index is 625. The monoisotopic (exact) mass is 311 g/mol. The molecular formula is C21H29NO. The third kappa shape index (κ3) is 3.76. The van der Waals surface area contributed by atoms with E-state index in [-0.39, 0.29) is 12.0 Å². The highest BCUT2D eigenvalue weighted by Gasteiger charge is 2.31. The molecule has 2 atom stereocenters. The number of nitrogens with zero attached hydrogens (tertiary/aromatic N) is 1. The zero-order valence-electron chi connectivity index (χ0n) is 14.4. The molecule has 2 nitrogen and oxygen atoms in total. The zero-order valence-corrected chi connectivity index (χ0v) is 14.4. The Hall–Kier alpha value is -1.38. The second kappa shape index (κ2) is 7.46. The van der Waals surface area contributed by atoms with E-state index in [1.54, 1.807) is 0 Å². The number of fused-ring (bicyclic) bond motifs is 1. The lowest BCUT2D eigenvalue weighted by atomic mass is 9.77. The van der Waals surface area contributed by atoms with Gasteiger partial charge in [0.05, 0.1) is 6.10 Å². The summed E-state index contributed by atoms with van der Waals surface area (Å²) >= 11 is 0. The van der Waals surface area contributed by atoms with Crippen LogP contribution in [0, 0.1) is 5.92 Å². The van der Waals surface area contributed by atoms with Crippen molar-refractivity contribution in [1.29, 1.82) is 0 Å². The smallest absolute Gasteiger partial charge is 0.0649 e. The number of aliphatic hydroxyl groups is 1. The van der Waals surface area contributed by atoms with E-state index in [0.717, 1.165) is 6.54 Å². The Labute approximate surface area is 140 Å². The molecule has 1 fully saturated rings. The van der Waals surface area contributed by atoms with Crippen molar-refractivity contribution in [3.05, 3.63) is 48.0 Å². The van der Waals surface area contributed by atoms with Gasteiger partial charge in [-0.1, -0.05) is 61.7 Å². The minimum atomic E-state index is -0.247. The molecule has 0 spiro atoms. The molecule has 0 aliphatic heterocycles. The standard InChI is InChI=1S/C21H29NO/c1-22(2)15-20(21(23)17-10-4-3-5-11-17)19-14-8-12-16-9-6-7-13-18(16)19/h6-9,12-14,17,20-21,23H,3-5,10-11,15H2,1-2H3/t20-,21+/m0/s1. The van der Waals surface area contributed by atoms with Crippen LogP contribution in [-0.2, 0) is 0 Å². The largest absolute Gasteiger partial charge is 0.392 e. The van der Waals surface area contributed by atoms with Crippen molar-refractivity contribution in [2.24, 2.45) is 5.92 Å². The maximum Gasteiger partial charge on any atom is 0.0649 e. The first-order valence-corrected chi connectivity index (χ1v) is 8.97. The van der Waals surface area contributed by atoms with Gasteiger partial charge in [0.1, 0.15) is 0 Å². The van der Waals surface area contributed by atoms with Crippen LogP contribution in [0.3, 0.4) is 0 Å². The van der Waals surface area contributed by atoms with Gasteiger partial charge in [-0.3, -0.25) is 0 Å². The Morgan fingerprint density at radius 1 is 1.00 bits per heavy atom. The highest BCUT2D eigenvalue weighted by Crippen LogP contribution is 2.36. The Balaban J connectivity index is 1.97. The van der Waals surface area contributed by atoms with E-state index in [0.29, 0.717) is 5.92 Å². The molecule has 0 saturated heterocycles. The summed E-state index contributed by atoms with van der Waals surface area (Å²) in [6, 6.07) is 15.1. The molecule has 1 aliphatic rings. The molecule has 0 radical (unpaired) electrons. The van der Waals surface area contributed by atoms with Gasteiger partial charge in [-0.25, -0.2) is 0 Å². The summed E-state index contributed by atoms with van der Waals surface area (Å²) in [4.78, 5) is 2.21. The van der Waals surface area contributed by atoms with E-state index in [1.807, 2.05) is 0 Å². The van der Waals surface area contributed by atoms with Crippen LogP contribution < -0.4 is 0 Å². The lowest BCUT2D eigenvalue weighted by Crippen LogP contribution is -2.35. The van der Waals surface area contributed by atoms with Gasteiger partial charge in [0.2, 0.25) is 0 Å². The summed E-state index contributed by atoms with van der Waals surface area (Å²) in [6.45, 7) is 0.895. The van der Waals surface area contributed by atoms with Gasteiger partial charge >= 0.3 is 0 Å². The molecule has 0 heterocycles. The first kappa shape index (κ1) is 16.5. The van der Waals surface area contributed by atoms with Crippen molar-refractivity contribution in [2.75, 3.05) is 20.6 Å². The number of aliphatic hydroxyl groups excluding tert-OH is 1. The van der Waals surface area contributed by atoms with Crippen LogP contribution in [0.1, 0.15) is 43.6 Å². The van der Waals surface area contributed by atoms with Crippen molar-refractivity contribution < 1.29 is 5.11 Å². The third-order valence-corrected chi connectivity index (χ3v) is 5.33. The van der Waals surface area contributed by atoms with Crippen molar-refractivity contribution in [1.82, 2.24) is 4.90 Å². The average molecular weight is 311 g/mol. The van der Waals surface area contributed by atoms with Gasteiger partial charge < -0.3 is 10.0 Å². The van der Waals surface area contributed by atoms with E-state index in [1.165, 1.54) is 48.4 Å². The van der Waals surface area contributed by atoms with Crippen LogP contribution in [0.5, 0.6) is 0 Å². The molecule has 1 N–H and O–H groups in total. The molecule has 2 aromatic carbocycles. The van der Waals surface area contributed by atoms with Gasteiger partial charge in [0.25, 0.3) is 0 Å². The molecule has 0 amide bonds. The van der Waals surface area contributed by atoms with Crippen molar-refractivity contribution in [2.45, 2.75) is 44.1 Å². The summed E-state index contributed by atoms with van der Waals surface area (Å²) in [6.07, 6.45) is 5.97. The maximum atomic E-state index is 11.2. The summed E-state index contributed by atoms with van der Waals surface area (Å²) in [5.74, 6) is 0.631. The van der Waals surface area contributed by atoms with Gasteiger partial charge in [0, 0.05) is 12.5 Å². The van der Waals surface area contributed by atoms with Crippen molar-refractivity contribution in [3.63, 3.8) is 0 Å². The van der Waals surface area contributed by atoms with Crippen LogP contribution in [0.15, 0.2) is 42.5 Å². The molecule has 1 aliphatic carbocycles. The molecule has 1 saturated carbocycles. The number of hydrogen-bond acceptors (Lipinski definition) is 2. The van der Waals surface area contributed by atoms with Crippen LogP contribution in [0.25, 0.3) is 10.8 Å². The third-order valence-electron chi connectivity index (χ3n) is 5.33. The lowest BCUT2D eigenvalue weighted by molar-refractivity contribution is 0.0524. The minimum Gasteiger partial charge on any atom is -0.392 e. The van der Waals surface area contributed by atoms with E-state index in [9.17, 15) is 5.11 Å². The van der Waals surface area contributed by atoms with Crippen LogP contribution in [0.4, 0.5) is 0 Å². The van der Waals surface area contributed by atoms with Gasteiger partial charge in [0.15, 0.2) is 0 Å². The SMILES string of the molecule is CN(C)C[C@@H](c1cccc2ccccc12)[C@H](O)C1CCCCC1. The number of rotatable bonds is 5. The molecule has 2 aromatic rings. The van der Waals surface area contributed by atoms with E-state index in [4.69, 9.17) is 0 Å². The van der Waals surface area contributed by atoms with Gasteiger partial charge in [-0.05, 0) is 49.2 Å². The van der Waals surface area contributed by atoms with Gasteiger partial charge in [-0.2, -0.15) is 0 Å².